The third-order valence-electron chi connectivity index (χ3n) is 4.27. The molecule has 0 radical (unpaired) electrons. The molecule has 0 saturated heterocycles. The number of benzene rings is 2. The van der Waals surface area contributed by atoms with Crippen molar-refractivity contribution in [1.29, 1.82) is 0 Å². The van der Waals surface area contributed by atoms with E-state index in [4.69, 9.17) is 16.0 Å². The van der Waals surface area contributed by atoms with Crippen LogP contribution in [0.3, 0.4) is 0 Å². The summed E-state index contributed by atoms with van der Waals surface area (Å²) in [6.07, 6.45) is 0. The first-order valence-corrected chi connectivity index (χ1v) is 10.4. The van der Waals surface area contributed by atoms with E-state index in [1.54, 1.807) is 22.7 Å². The molecule has 0 spiro atoms. The molecular weight excluding hydrogens is 394 g/mol. The number of rotatable bonds is 7. The van der Waals surface area contributed by atoms with Gasteiger partial charge in [-0.15, -0.1) is 22.0 Å². The van der Waals surface area contributed by atoms with Crippen molar-refractivity contribution in [2.75, 3.05) is 5.75 Å². The van der Waals surface area contributed by atoms with E-state index in [1.165, 1.54) is 0 Å². The number of carbonyl (C=O) groups is 1. The van der Waals surface area contributed by atoms with E-state index >= 15 is 0 Å². The molecule has 0 bridgehead atoms. The summed E-state index contributed by atoms with van der Waals surface area (Å²) in [7, 11) is 0. The fourth-order valence-electron chi connectivity index (χ4n) is 2.71. The minimum atomic E-state index is 0.0145. The SMILES string of the molecule is Cc1ccccc1SCC(=O)N(Cc1nnc(-c2ccccc2Cl)o1)C(C)C. The Morgan fingerprint density at radius 3 is 2.57 bits per heavy atom. The Hall–Kier alpha value is -2.31. The molecule has 0 unspecified atom stereocenters. The molecule has 2 aromatic carbocycles. The number of hydrogen-bond acceptors (Lipinski definition) is 5. The Balaban J connectivity index is 1.69. The molecule has 0 atom stereocenters. The summed E-state index contributed by atoms with van der Waals surface area (Å²) in [4.78, 5) is 15.7. The maximum absolute atomic E-state index is 12.8. The maximum atomic E-state index is 12.8. The number of hydrogen-bond donors (Lipinski definition) is 0. The quantitative estimate of drug-likeness (QED) is 0.494. The van der Waals surface area contributed by atoms with Gasteiger partial charge in [0.15, 0.2) is 0 Å². The molecule has 1 amide bonds. The van der Waals surface area contributed by atoms with E-state index in [-0.39, 0.29) is 18.5 Å². The molecule has 0 fully saturated rings. The third kappa shape index (κ3) is 4.94. The van der Waals surface area contributed by atoms with Gasteiger partial charge in [-0.3, -0.25) is 4.79 Å². The largest absolute Gasteiger partial charge is 0.419 e. The number of halogens is 1. The van der Waals surface area contributed by atoms with Crippen LogP contribution in [-0.2, 0) is 11.3 Å². The lowest BCUT2D eigenvalue weighted by Crippen LogP contribution is -2.37. The highest BCUT2D eigenvalue weighted by molar-refractivity contribution is 8.00. The average Bonchev–Trinajstić information content (AvgIpc) is 3.14. The van der Waals surface area contributed by atoms with Crippen LogP contribution in [0.25, 0.3) is 11.5 Å². The van der Waals surface area contributed by atoms with Crippen LogP contribution in [0.1, 0.15) is 25.3 Å². The number of carbonyl (C=O) groups excluding carboxylic acids is 1. The summed E-state index contributed by atoms with van der Waals surface area (Å²) in [6, 6.07) is 15.4. The Kier molecular flexibility index (Phi) is 6.75. The molecule has 0 aliphatic heterocycles. The van der Waals surface area contributed by atoms with Crippen LogP contribution in [0, 0.1) is 6.92 Å². The van der Waals surface area contributed by atoms with Crippen LogP contribution < -0.4 is 0 Å². The molecule has 28 heavy (non-hydrogen) atoms. The van der Waals surface area contributed by atoms with Crippen molar-refractivity contribution in [1.82, 2.24) is 15.1 Å². The van der Waals surface area contributed by atoms with Crippen molar-refractivity contribution < 1.29 is 9.21 Å². The molecule has 0 saturated carbocycles. The Labute approximate surface area is 174 Å². The molecule has 3 rings (SSSR count). The number of aromatic nitrogens is 2. The third-order valence-corrected chi connectivity index (χ3v) is 5.76. The fourth-order valence-corrected chi connectivity index (χ4v) is 3.84. The number of thioether (sulfide) groups is 1. The van der Waals surface area contributed by atoms with Gasteiger partial charge in [-0.25, -0.2) is 0 Å². The van der Waals surface area contributed by atoms with Gasteiger partial charge in [-0.1, -0.05) is 41.9 Å². The van der Waals surface area contributed by atoms with E-state index in [0.717, 1.165) is 10.5 Å². The van der Waals surface area contributed by atoms with Gasteiger partial charge < -0.3 is 9.32 Å². The lowest BCUT2D eigenvalue weighted by Gasteiger charge is -2.25. The topological polar surface area (TPSA) is 59.2 Å². The lowest BCUT2D eigenvalue weighted by molar-refractivity contribution is -0.131. The van der Waals surface area contributed by atoms with Gasteiger partial charge >= 0.3 is 0 Å². The normalized spacial score (nSPS) is 11.0. The summed E-state index contributed by atoms with van der Waals surface area (Å²) in [6.45, 7) is 6.26. The summed E-state index contributed by atoms with van der Waals surface area (Å²) >= 11 is 7.73. The standard InChI is InChI=1S/C21H22ClN3O2S/c1-14(2)25(20(26)13-28-18-11-7-4-8-15(18)3)12-19-23-24-21(27-19)16-9-5-6-10-17(16)22/h4-11,14H,12-13H2,1-3H3. The zero-order valence-electron chi connectivity index (χ0n) is 16.1. The van der Waals surface area contributed by atoms with E-state index < -0.39 is 0 Å². The van der Waals surface area contributed by atoms with Crippen LogP contribution in [0.4, 0.5) is 0 Å². The highest BCUT2D eigenvalue weighted by Crippen LogP contribution is 2.27. The highest BCUT2D eigenvalue weighted by Gasteiger charge is 2.21. The lowest BCUT2D eigenvalue weighted by atomic mass is 10.2. The zero-order valence-corrected chi connectivity index (χ0v) is 17.6. The fraction of sp³-hybridized carbons (Fsp3) is 0.286. The molecule has 0 aliphatic carbocycles. The first-order valence-electron chi connectivity index (χ1n) is 9.01. The van der Waals surface area contributed by atoms with Crippen LogP contribution in [0.5, 0.6) is 0 Å². The van der Waals surface area contributed by atoms with Crippen LogP contribution in [0.15, 0.2) is 57.8 Å². The molecule has 0 N–H and O–H groups in total. The second kappa shape index (κ2) is 9.26. The predicted octanol–water partition coefficient (Wildman–Crippen LogP) is 5.23. The van der Waals surface area contributed by atoms with E-state index in [1.807, 2.05) is 63.2 Å². The van der Waals surface area contributed by atoms with Gasteiger partial charge in [-0.2, -0.15) is 0 Å². The molecule has 3 aromatic rings. The Morgan fingerprint density at radius 2 is 1.86 bits per heavy atom. The van der Waals surface area contributed by atoms with Crippen molar-refractivity contribution in [2.45, 2.75) is 38.3 Å². The number of amides is 1. The van der Waals surface area contributed by atoms with Crippen LogP contribution in [-0.4, -0.2) is 32.8 Å². The van der Waals surface area contributed by atoms with Gasteiger partial charge in [0.1, 0.15) is 0 Å². The van der Waals surface area contributed by atoms with Gasteiger partial charge in [0.2, 0.25) is 17.7 Å². The van der Waals surface area contributed by atoms with E-state index in [9.17, 15) is 4.79 Å². The van der Waals surface area contributed by atoms with Crippen LogP contribution >= 0.6 is 23.4 Å². The van der Waals surface area contributed by atoms with Crippen LogP contribution in [0.2, 0.25) is 5.02 Å². The van der Waals surface area contributed by atoms with Gasteiger partial charge in [-0.05, 0) is 44.5 Å². The molecule has 0 aliphatic rings. The first-order chi connectivity index (χ1) is 13.5. The Bertz CT molecular complexity index is 958. The molecule has 146 valence electrons. The Morgan fingerprint density at radius 1 is 1.14 bits per heavy atom. The van der Waals surface area contributed by atoms with Crippen molar-refractivity contribution >= 4 is 29.3 Å². The van der Waals surface area contributed by atoms with Crippen molar-refractivity contribution in [3.8, 4) is 11.5 Å². The number of nitrogens with zero attached hydrogens (tertiary/aromatic N) is 3. The molecule has 7 heteroatoms. The van der Waals surface area contributed by atoms with Gasteiger partial charge in [0.25, 0.3) is 0 Å². The summed E-state index contributed by atoms with van der Waals surface area (Å²) < 4.78 is 5.76. The minimum Gasteiger partial charge on any atom is -0.419 e. The first kappa shape index (κ1) is 20.4. The second-order valence-electron chi connectivity index (χ2n) is 6.65. The summed E-state index contributed by atoms with van der Waals surface area (Å²) in [5.41, 5.74) is 1.85. The molecule has 1 heterocycles. The smallest absolute Gasteiger partial charge is 0.249 e. The molecule has 1 aromatic heterocycles. The van der Waals surface area contributed by atoms with E-state index in [0.29, 0.717) is 28.1 Å². The van der Waals surface area contributed by atoms with Crippen molar-refractivity contribution in [2.24, 2.45) is 0 Å². The molecular formula is C21H22ClN3O2S. The summed E-state index contributed by atoms with van der Waals surface area (Å²) in [5, 5.41) is 8.72. The second-order valence-corrected chi connectivity index (χ2v) is 8.07. The average molecular weight is 416 g/mol. The van der Waals surface area contributed by atoms with E-state index in [2.05, 4.69) is 10.2 Å². The molecule has 5 nitrogen and oxygen atoms in total. The maximum Gasteiger partial charge on any atom is 0.249 e. The monoisotopic (exact) mass is 415 g/mol. The van der Waals surface area contributed by atoms with Gasteiger partial charge in [0, 0.05) is 10.9 Å². The van der Waals surface area contributed by atoms with Crippen molar-refractivity contribution in [3.63, 3.8) is 0 Å². The highest BCUT2D eigenvalue weighted by atomic mass is 35.5. The summed E-state index contributed by atoms with van der Waals surface area (Å²) in [5.74, 6) is 1.12. The zero-order chi connectivity index (χ0) is 20.1. The van der Waals surface area contributed by atoms with Gasteiger partial charge in [0.05, 0.1) is 22.9 Å². The predicted molar refractivity (Wildman–Crippen MR) is 112 cm³/mol. The number of aryl methyl sites for hydroxylation is 1. The van der Waals surface area contributed by atoms with Crippen molar-refractivity contribution in [3.05, 3.63) is 65.0 Å². The minimum absolute atomic E-state index is 0.0145.